The summed E-state index contributed by atoms with van der Waals surface area (Å²) in [5, 5.41) is 0.877. The maximum atomic E-state index is 9.59. The highest BCUT2D eigenvalue weighted by molar-refractivity contribution is 8.11. The molecule has 0 aromatic carbocycles. The van der Waals surface area contributed by atoms with Crippen molar-refractivity contribution in [3.63, 3.8) is 0 Å². The van der Waals surface area contributed by atoms with Gasteiger partial charge >= 0.3 is 0 Å². The molecule has 0 saturated heterocycles. The molecule has 5 nitrogen and oxygen atoms in total. The van der Waals surface area contributed by atoms with Crippen molar-refractivity contribution in [1.82, 2.24) is 9.29 Å². The minimum absolute atomic E-state index is 0.0978. The van der Waals surface area contributed by atoms with Crippen LogP contribution < -0.4 is 11.5 Å². The fourth-order valence-corrected chi connectivity index (χ4v) is 4.48. The van der Waals surface area contributed by atoms with Gasteiger partial charge in [0, 0.05) is 30.8 Å². The largest absolute Gasteiger partial charge is 0.397 e. The first-order valence-corrected chi connectivity index (χ1v) is 11.8. The van der Waals surface area contributed by atoms with Crippen LogP contribution in [0.2, 0.25) is 0 Å². The summed E-state index contributed by atoms with van der Waals surface area (Å²) in [6.07, 6.45) is 12.6. The zero-order chi connectivity index (χ0) is 19.5. The van der Waals surface area contributed by atoms with Crippen LogP contribution in [0.5, 0.6) is 0 Å². The van der Waals surface area contributed by atoms with Crippen LogP contribution in [0.25, 0.3) is 5.70 Å². The molecule has 1 aliphatic carbocycles. The van der Waals surface area contributed by atoms with Gasteiger partial charge in [0.2, 0.25) is 5.91 Å². The zero-order valence-corrected chi connectivity index (χ0v) is 17.9. The first kappa shape index (κ1) is 22.9. The Morgan fingerprint density at radius 3 is 2.12 bits per heavy atom. The van der Waals surface area contributed by atoms with E-state index in [9.17, 15) is 4.79 Å². The van der Waals surface area contributed by atoms with Gasteiger partial charge in [-0.1, -0.05) is 57.9 Å². The summed E-state index contributed by atoms with van der Waals surface area (Å²) >= 11 is 1.66. The number of fused-ring (bicyclic) bond motifs is 1. The van der Waals surface area contributed by atoms with E-state index in [-0.39, 0.29) is 16.6 Å². The summed E-state index contributed by atoms with van der Waals surface area (Å²) < 4.78 is 2.38. The summed E-state index contributed by atoms with van der Waals surface area (Å²) in [6, 6.07) is 0. The van der Waals surface area contributed by atoms with Crippen molar-refractivity contribution in [2.75, 3.05) is 12.8 Å². The van der Waals surface area contributed by atoms with Gasteiger partial charge in [-0.15, -0.1) is 22.0 Å². The number of carbonyl (C=O) groups is 1. The Hall–Kier alpha value is -1.18. The molecule has 7 heteroatoms. The number of hydrogen-bond donors (Lipinski definition) is 2. The average Bonchev–Trinajstić information content (AvgIpc) is 3.07. The Kier molecular flexibility index (Phi) is 10.8. The lowest BCUT2D eigenvalue weighted by atomic mass is 10.0. The fraction of sp³-hybridized carbons (Fsp3) is 0.632. The number of hydrogen-bond acceptors (Lipinski definition) is 5. The fourth-order valence-electron chi connectivity index (χ4n) is 2.64. The first-order valence-electron chi connectivity index (χ1n) is 9.27. The molecule has 1 aromatic rings. The van der Waals surface area contributed by atoms with E-state index in [2.05, 4.69) is 33.7 Å². The minimum atomic E-state index is -0.245. The van der Waals surface area contributed by atoms with E-state index in [1.807, 2.05) is 0 Å². The molecular weight excluding hydrogens is 364 g/mol. The Labute approximate surface area is 164 Å². The third kappa shape index (κ3) is 8.47. The average molecular weight is 399 g/mol. The molecule has 4 N–H and O–H groups in total. The van der Waals surface area contributed by atoms with Gasteiger partial charge in [-0.3, -0.25) is 9.10 Å². The third-order valence-electron chi connectivity index (χ3n) is 4.26. The number of rotatable bonds is 3. The Balaban J connectivity index is 0.000000253. The molecule has 2 heterocycles. The standard InChI is InChI=1S/C10H15N3S2.C6H12.C3H7NO/c1-7(11)10-12-8-4-5-13(15(2)3)6-9(8)14-10;1-2-4-6-5-3-1;1-2-3(4)5/h1-2,4-6,11H2,3H3;1-6H2;2H2,1H3,(H2,4,5). The number of amides is 1. The highest BCUT2D eigenvalue weighted by atomic mass is 32.2. The summed E-state index contributed by atoms with van der Waals surface area (Å²) in [5.74, 6) is 3.83. The molecule has 1 amide bonds. The quantitative estimate of drug-likeness (QED) is 0.756. The summed E-state index contributed by atoms with van der Waals surface area (Å²) in [4.78, 5) is 15.4. The molecule has 0 spiro atoms. The van der Waals surface area contributed by atoms with Crippen molar-refractivity contribution < 1.29 is 4.79 Å². The number of primary amides is 1. The monoisotopic (exact) mass is 398 g/mol. The molecular formula is C19H34N4OS2. The third-order valence-corrected chi connectivity index (χ3v) is 6.61. The lowest BCUT2D eigenvalue weighted by Crippen LogP contribution is -2.24. The van der Waals surface area contributed by atoms with Crippen LogP contribution in [-0.4, -0.2) is 33.9 Å². The number of aromatic nitrogens is 1. The predicted octanol–water partition coefficient (Wildman–Crippen LogP) is 3.90. The van der Waals surface area contributed by atoms with Gasteiger partial charge in [0.05, 0.1) is 11.4 Å². The van der Waals surface area contributed by atoms with E-state index in [4.69, 9.17) is 5.73 Å². The van der Waals surface area contributed by atoms with Crippen LogP contribution in [0, 0.1) is 0 Å². The maximum Gasteiger partial charge on any atom is 0.217 e. The van der Waals surface area contributed by atoms with Crippen molar-refractivity contribution in [2.24, 2.45) is 11.5 Å². The second-order valence-electron chi connectivity index (χ2n) is 6.57. The molecule has 2 aliphatic rings. The zero-order valence-electron chi connectivity index (χ0n) is 16.3. The molecule has 1 fully saturated rings. The second-order valence-corrected chi connectivity index (χ2v) is 9.37. The van der Waals surface area contributed by atoms with Crippen molar-refractivity contribution in [3.8, 4) is 0 Å². The summed E-state index contributed by atoms with van der Waals surface area (Å²) in [6.45, 7) is 7.46. The maximum absolute atomic E-state index is 9.59. The van der Waals surface area contributed by atoms with Gasteiger partial charge in [-0.2, -0.15) is 0 Å². The smallest absolute Gasteiger partial charge is 0.217 e. The van der Waals surface area contributed by atoms with E-state index in [0.29, 0.717) is 12.1 Å². The minimum Gasteiger partial charge on any atom is -0.397 e. The van der Waals surface area contributed by atoms with E-state index >= 15 is 0 Å². The SMILES string of the molecule is C1CCCCC1.C=C(N)c1nc2c(s1)CN(S(=C)C)CC2.CCC(N)=O. The lowest BCUT2D eigenvalue weighted by Gasteiger charge is -2.26. The highest BCUT2D eigenvalue weighted by Crippen LogP contribution is 2.30. The normalized spacial score (nSPS) is 17.6. The molecule has 0 radical (unpaired) electrons. The molecule has 148 valence electrons. The number of thiazole rings is 1. The van der Waals surface area contributed by atoms with Gasteiger partial charge in [-0.25, -0.2) is 4.98 Å². The van der Waals surface area contributed by atoms with Crippen LogP contribution in [0.4, 0.5) is 0 Å². The van der Waals surface area contributed by atoms with Gasteiger partial charge in [0.25, 0.3) is 0 Å². The Bertz CT molecular complexity index is 597. The molecule has 1 saturated carbocycles. The molecule has 26 heavy (non-hydrogen) atoms. The molecule has 1 aliphatic heterocycles. The molecule has 1 atom stereocenters. The van der Waals surface area contributed by atoms with Gasteiger partial charge in [-0.05, 0) is 6.26 Å². The lowest BCUT2D eigenvalue weighted by molar-refractivity contribution is -0.117. The van der Waals surface area contributed by atoms with Crippen molar-refractivity contribution in [3.05, 3.63) is 22.2 Å². The van der Waals surface area contributed by atoms with E-state index in [0.717, 1.165) is 24.5 Å². The molecule has 0 bridgehead atoms. The second kappa shape index (κ2) is 12.3. The van der Waals surface area contributed by atoms with Gasteiger partial charge in [0.1, 0.15) is 5.01 Å². The highest BCUT2D eigenvalue weighted by Gasteiger charge is 2.20. The number of nitrogens with two attached hydrogens (primary N) is 2. The van der Waals surface area contributed by atoms with E-state index in [1.54, 1.807) is 18.3 Å². The van der Waals surface area contributed by atoms with E-state index < -0.39 is 0 Å². The van der Waals surface area contributed by atoms with Gasteiger partial charge in [0.15, 0.2) is 0 Å². The van der Waals surface area contributed by atoms with Crippen LogP contribution in [0.1, 0.15) is 67.4 Å². The summed E-state index contributed by atoms with van der Waals surface area (Å²) in [5.41, 5.74) is 12.1. The summed E-state index contributed by atoms with van der Waals surface area (Å²) in [7, 11) is 0.0978. The number of nitrogens with zero attached hydrogens (tertiary/aromatic N) is 2. The van der Waals surface area contributed by atoms with Crippen LogP contribution in [-0.2, 0) is 17.8 Å². The predicted molar refractivity (Wildman–Crippen MR) is 117 cm³/mol. The van der Waals surface area contributed by atoms with Crippen LogP contribution >= 0.6 is 22.0 Å². The van der Waals surface area contributed by atoms with Crippen LogP contribution in [0.15, 0.2) is 6.58 Å². The molecule has 3 rings (SSSR count). The first-order chi connectivity index (χ1) is 12.3. The molecule has 1 unspecified atom stereocenters. The number of carbonyl (C=O) groups excluding carboxylic acids is 1. The van der Waals surface area contributed by atoms with Gasteiger partial charge < -0.3 is 11.5 Å². The van der Waals surface area contributed by atoms with E-state index in [1.165, 1.54) is 49.1 Å². The Morgan fingerprint density at radius 1 is 1.23 bits per heavy atom. The molecule has 1 aromatic heterocycles. The van der Waals surface area contributed by atoms with Crippen molar-refractivity contribution in [2.45, 2.75) is 64.8 Å². The topological polar surface area (TPSA) is 85.2 Å². The van der Waals surface area contributed by atoms with Crippen molar-refractivity contribution >= 4 is 39.5 Å². The Morgan fingerprint density at radius 2 is 1.73 bits per heavy atom. The van der Waals surface area contributed by atoms with Crippen molar-refractivity contribution in [1.29, 1.82) is 0 Å². The van der Waals surface area contributed by atoms with Crippen LogP contribution in [0.3, 0.4) is 0 Å².